The minimum atomic E-state index is -0.397. The van der Waals surface area contributed by atoms with Gasteiger partial charge in [-0.3, -0.25) is 4.79 Å². The molecule has 0 aliphatic carbocycles. The van der Waals surface area contributed by atoms with Gasteiger partial charge < -0.3 is 4.74 Å². The van der Waals surface area contributed by atoms with Gasteiger partial charge in [-0.1, -0.05) is 64.8 Å². The van der Waals surface area contributed by atoms with E-state index < -0.39 is 5.60 Å². The molecule has 0 aromatic rings. The van der Waals surface area contributed by atoms with Crippen LogP contribution in [0.4, 0.5) is 0 Å². The van der Waals surface area contributed by atoms with Gasteiger partial charge in [0.2, 0.25) is 0 Å². The lowest BCUT2D eigenvalue weighted by atomic mass is 9.80. The van der Waals surface area contributed by atoms with E-state index in [1.807, 2.05) is 0 Å². The summed E-state index contributed by atoms with van der Waals surface area (Å²) in [6.07, 6.45) is 14.0. The zero-order chi connectivity index (χ0) is 20.3. The average molecular weight is 381 g/mol. The van der Waals surface area contributed by atoms with Gasteiger partial charge in [0, 0.05) is 0 Å². The van der Waals surface area contributed by atoms with Crippen molar-refractivity contribution in [1.29, 1.82) is 0 Å². The third kappa shape index (κ3) is 7.42. The van der Waals surface area contributed by atoms with Crippen molar-refractivity contribution in [3.05, 3.63) is 23.8 Å². The monoisotopic (exact) mass is 380 g/mol. The fourth-order valence-corrected chi connectivity index (χ4v) is 3.78. The van der Waals surface area contributed by atoms with Crippen molar-refractivity contribution in [2.45, 2.75) is 97.7 Å². The van der Waals surface area contributed by atoms with Gasteiger partial charge in [-0.2, -0.15) is 0 Å². The minimum Gasteiger partial charge on any atom is -0.469 e. The lowest BCUT2D eigenvalue weighted by Crippen LogP contribution is -2.44. The lowest BCUT2D eigenvalue weighted by molar-refractivity contribution is -0.409. The van der Waals surface area contributed by atoms with E-state index in [0.29, 0.717) is 5.92 Å². The average Bonchev–Trinajstić information content (AvgIpc) is 2.71. The van der Waals surface area contributed by atoms with E-state index >= 15 is 0 Å². The second-order valence-corrected chi connectivity index (χ2v) is 7.65. The highest BCUT2D eigenvalue weighted by atomic mass is 17.2. The highest BCUT2D eigenvalue weighted by molar-refractivity contribution is 5.69. The third-order valence-corrected chi connectivity index (χ3v) is 5.80. The van der Waals surface area contributed by atoms with Crippen LogP contribution in [0.25, 0.3) is 0 Å². The first-order valence-electron chi connectivity index (χ1n) is 10.8. The van der Waals surface area contributed by atoms with Gasteiger partial charge in [0.05, 0.1) is 13.5 Å². The number of carbonyl (C=O) groups excluding carboxylic acids is 1. The summed E-state index contributed by atoms with van der Waals surface area (Å²) in [5.41, 5.74) is 1.03. The second kappa shape index (κ2) is 12.4. The standard InChI is InChI=1S/C23H40O4/c1-7-12-13-18(8-2)14-19(9-3)16-23(11-5)17-20(10-4)21(26-27-23)15-22(24)25-6/h12-13,16,18,20-21H,7-11,14-15,17H2,1-6H3/b13-12+,19-16+/t18-,20-,21-,23-/m0/s1. The third-order valence-electron chi connectivity index (χ3n) is 5.80. The number of methoxy groups -OCH3 is 1. The van der Waals surface area contributed by atoms with E-state index in [9.17, 15) is 4.79 Å². The fourth-order valence-electron chi connectivity index (χ4n) is 3.78. The summed E-state index contributed by atoms with van der Waals surface area (Å²) in [6, 6.07) is 0. The number of rotatable bonds is 11. The molecule has 1 saturated heterocycles. The van der Waals surface area contributed by atoms with E-state index in [4.69, 9.17) is 14.5 Å². The molecule has 4 nitrogen and oxygen atoms in total. The van der Waals surface area contributed by atoms with Crippen LogP contribution in [0.5, 0.6) is 0 Å². The molecule has 0 radical (unpaired) electrons. The highest BCUT2D eigenvalue weighted by Gasteiger charge is 2.41. The topological polar surface area (TPSA) is 44.8 Å². The van der Waals surface area contributed by atoms with Crippen molar-refractivity contribution in [3.8, 4) is 0 Å². The first-order valence-corrected chi connectivity index (χ1v) is 10.8. The SMILES string of the molecule is CC/C=C/[C@H](CC)C/C(=C/[C@@]1(CC)C[C@H](CC)[C@H](CC(=O)OC)OO1)CC. The van der Waals surface area contributed by atoms with E-state index in [-0.39, 0.29) is 24.4 Å². The molecule has 0 bridgehead atoms. The van der Waals surface area contributed by atoms with Crippen molar-refractivity contribution in [2.75, 3.05) is 7.11 Å². The zero-order valence-electron chi connectivity index (χ0n) is 18.3. The van der Waals surface area contributed by atoms with Gasteiger partial charge >= 0.3 is 5.97 Å². The maximum atomic E-state index is 11.7. The molecular formula is C23H40O4. The predicted octanol–water partition coefficient (Wildman–Crippen LogP) is 6.16. The Labute approximate surface area is 166 Å². The molecule has 4 atom stereocenters. The summed E-state index contributed by atoms with van der Waals surface area (Å²) in [6.45, 7) is 10.9. The van der Waals surface area contributed by atoms with E-state index in [2.05, 4.69) is 52.8 Å². The summed E-state index contributed by atoms with van der Waals surface area (Å²) in [7, 11) is 1.41. The van der Waals surface area contributed by atoms with Crippen LogP contribution >= 0.6 is 0 Å². The molecule has 1 aliphatic heterocycles. The lowest BCUT2D eigenvalue weighted by Gasteiger charge is -2.41. The molecule has 1 rings (SSSR count). The summed E-state index contributed by atoms with van der Waals surface area (Å²) >= 11 is 0. The van der Waals surface area contributed by atoms with Crippen LogP contribution in [-0.4, -0.2) is 24.8 Å². The number of carbonyl (C=O) groups is 1. The van der Waals surface area contributed by atoms with Gasteiger partial charge in [-0.25, -0.2) is 9.78 Å². The Morgan fingerprint density at radius 3 is 2.52 bits per heavy atom. The summed E-state index contributed by atoms with van der Waals surface area (Å²) in [5.74, 6) is 0.613. The number of ether oxygens (including phenoxy) is 1. The predicted molar refractivity (Wildman–Crippen MR) is 110 cm³/mol. The second-order valence-electron chi connectivity index (χ2n) is 7.65. The van der Waals surface area contributed by atoms with Crippen LogP contribution in [0.1, 0.15) is 86.0 Å². The Morgan fingerprint density at radius 1 is 1.26 bits per heavy atom. The molecule has 0 spiro atoms. The summed E-state index contributed by atoms with van der Waals surface area (Å²) < 4.78 is 4.80. The first-order chi connectivity index (χ1) is 13.0. The number of hydrogen-bond donors (Lipinski definition) is 0. The van der Waals surface area contributed by atoms with Gasteiger partial charge in [-0.15, -0.1) is 0 Å². The smallest absolute Gasteiger partial charge is 0.308 e. The number of hydrogen-bond acceptors (Lipinski definition) is 4. The Bertz CT molecular complexity index is 497. The molecule has 0 amide bonds. The number of esters is 1. The molecule has 156 valence electrons. The number of allylic oxidation sites excluding steroid dienone is 3. The van der Waals surface area contributed by atoms with Crippen LogP contribution in [-0.2, 0) is 19.3 Å². The molecular weight excluding hydrogens is 340 g/mol. The summed E-state index contributed by atoms with van der Waals surface area (Å²) in [4.78, 5) is 23.3. The van der Waals surface area contributed by atoms with Crippen LogP contribution in [0.3, 0.4) is 0 Å². The van der Waals surface area contributed by atoms with Crippen LogP contribution in [0.2, 0.25) is 0 Å². The quantitative estimate of drug-likeness (QED) is 0.244. The zero-order valence-corrected chi connectivity index (χ0v) is 18.3. The van der Waals surface area contributed by atoms with Crippen molar-refractivity contribution < 1.29 is 19.3 Å². The van der Waals surface area contributed by atoms with E-state index in [1.165, 1.54) is 12.7 Å². The Kier molecular flexibility index (Phi) is 10.9. The molecule has 0 unspecified atom stereocenters. The molecule has 0 saturated carbocycles. The maximum absolute atomic E-state index is 11.7. The molecule has 1 aliphatic rings. The molecule has 0 N–H and O–H groups in total. The molecule has 1 fully saturated rings. The first kappa shape index (κ1) is 23.9. The van der Waals surface area contributed by atoms with Crippen molar-refractivity contribution >= 4 is 5.97 Å². The van der Waals surface area contributed by atoms with Crippen molar-refractivity contribution in [2.24, 2.45) is 11.8 Å². The fraction of sp³-hybridized carbons (Fsp3) is 0.783. The Morgan fingerprint density at radius 2 is 2.00 bits per heavy atom. The molecule has 0 aromatic heterocycles. The van der Waals surface area contributed by atoms with E-state index in [1.54, 1.807) is 0 Å². The molecule has 1 heterocycles. The van der Waals surface area contributed by atoms with Crippen molar-refractivity contribution in [1.82, 2.24) is 0 Å². The van der Waals surface area contributed by atoms with Gasteiger partial charge in [-0.05, 0) is 50.4 Å². The normalized spacial score (nSPS) is 27.7. The molecule has 0 aromatic carbocycles. The molecule has 4 heteroatoms. The molecule has 27 heavy (non-hydrogen) atoms. The highest BCUT2D eigenvalue weighted by Crippen LogP contribution is 2.39. The maximum Gasteiger partial charge on any atom is 0.308 e. The Balaban J connectivity index is 2.93. The van der Waals surface area contributed by atoms with E-state index in [0.717, 1.165) is 44.9 Å². The largest absolute Gasteiger partial charge is 0.469 e. The van der Waals surface area contributed by atoms with Crippen LogP contribution in [0, 0.1) is 11.8 Å². The summed E-state index contributed by atoms with van der Waals surface area (Å²) in [5, 5.41) is 0. The van der Waals surface area contributed by atoms with Gasteiger partial charge in [0.1, 0.15) is 11.7 Å². The van der Waals surface area contributed by atoms with Gasteiger partial charge in [0.25, 0.3) is 0 Å². The van der Waals surface area contributed by atoms with Crippen molar-refractivity contribution in [3.63, 3.8) is 0 Å². The Hall–Kier alpha value is -1.13. The van der Waals surface area contributed by atoms with Crippen LogP contribution in [0.15, 0.2) is 23.8 Å². The van der Waals surface area contributed by atoms with Gasteiger partial charge in [0.15, 0.2) is 0 Å². The minimum absolute atomic E-state index is 0.225. The van der Waals surface area contributed by atoms with Crippen LogP contribution < -0.4 is 0 Å².